The van der Waals surface area contributed by atoms with Crippen LogP contribution < -0.4 is 4.72 Å². The maximum Gasteiger partial charge on any atom is 0.158 e. The molecule has 0 radical (unpaired) electrons. The van der Waals surface area contributed by atoms with Gasteiger partial charge in [-0.1, -0.05) is 0 Å². The molecule has 1 rings (SSSR count). The molecule has 0 aliphatic heterocycles. The highest BCUT2D eigenvalue weighted by atomic mass is 32.2. The maximum absolute atomic E-state index is 10.0. The lowest BCUT2D eigenvalue weighted by Crippen LogP contribution is -2.01. The van der Waals surface area contributed by atoms with Crippen LogP contribution in [0.4, 0.5) is 5.82 Å². The lowest BCUT2D eigenvalue weighted by molar-refractivity contribution is 0.542. The number of nitrogens with zero attached hydrogens (tertiary/aromatic N) is 1. The summed E-state index contributed by atoms with van der Waals surface area (Å²) < 4.78 is 22.1. The van der Waals surface area contributed by atoms with E-state index in [9.17, 15) is 8.76 Å². The van der Waals surface area contributed by atoms with E-state index in [0.29, 0.717) is 5.82 Å². The quantitative estimate of drug-likeness (QED) is 0.594. The van der Waals surface area contributed by atoms with Crippen molar-refractivity contribution in [2.24, 2.45) is 0 Å². The third-order valence-electron chi connectivity index (χ3n) is 0.894. The normalized spacial score (nSPS) is 13.0. The van der Waals surface area contributed by atoms with Crippen molar-refractivity contribution in [3.63, 3.8) is 0 Å². The largest absolute Gasteiger partial charge is 0.755 e. The molecule has 0 amide bonds. The van der Waals surface area contributed by atoms with Crippen molar-refractivity contribution in [1.82, 2.24) is 10.2 Å². The number of hydrogen-bond acceptors (Lipinski definition) is 3. The van der Waals surface area contributed by atoms with Crippen molar-refractivity contribution in [2.75, 3.05) is 4.72 Å². The molecule has 0 spiro atoms. The van der Waals surface area contributed by atoms with E-state index in [1.54, 1.807) is 13.0 Å². The van der Waals surface area contributed by atoms with Crippen molar-refractivity contribution >= 4 is 17.1 Å². The van der Waals surface area contributed by atoms with Crippen LogP contribution in [0.2, 0.25) is 0 Å². The fraction of sp³-hybridized carbons (Fsp3) is 0.250. The lowest BCUT2D eigenvalue weighted by atomic mass is 10.5. The molecule has 2 N–H and O–H groups in total. The van der Waals surface area contributed by atoms with Gasteiger partial charge >= 0.3 is 0 Å². The topological polar surface area (TPSA) is 80.8 Å². The Bertz CT molecular complexity index is 246. The zero-order chi connectivity index (χ0) is 7.56. The molecule has 0 saturated heterocycles. The Kier molecular flexibility index (Phi) is 2.03. The molecule has 10 heavy (non-hydrogen) atoms. The molecular weight excluding hydrogens is 154 g/mol. The minimum atomic E-state index is -2.29. The highest BCUT2D eigenvalue weighted by molar-refractivity contribution is 7.80. The van der Waals surface area contributed by atoms with E-state index >= 15 is 0 Å². The summed E-state index contributed by atoms with van der Waals surface area (Å²) in [5.74, 6) is 0.311. The molecule has 0 aliphatic rings. The van der Waals surface area contributed by atoms with Crippen LogP contribution in [0.25, 0.3) is 0 Å². The highest BCUT2D eigenvalue weighted by Crippen LogP contribution is 2.02. The molecule has 1 heterocycles. The number of aromatic amines is 1. The van der Waals surface area contributed by atoms with E-state index in [-0.39, 0.29) is 0 Å². The van der Waals surface area contributed by atoms with Gasteiger partial charge in [-0.2, -0.15) is 5.10 Å². The molecule has 1 aromatic rings. The van der Waals surface area contributed by atoms with E-state index < -0.39 is 11.3 Å². The third-order valence-corrected chi connectivity index (χ3v) is 1.27. The van der Waals surface area contributed by atoms with Crippen LogP contribution in [0.15, 0.2) is 6.07 Å². The summed E-state index contributed by atoms with van der Waals surface area (Å²) in [5, 5.41) is 6.21. The Morgan fingerprint density at radius 3 is 3.00 bits per heavy atom. The molecule has 0 aromatic carbocycles. The van der Waals surface area contributed by atoms with Crippen molar-refractivity contribution in [2.45, 2.75) is 6.92 Å². The predicted molar refractivity (Wildman–Crippen MR) is 35.9 cm³/mol. The minimum absolute atomic E-state index is 0.311. The Morgan fingerprint density at radius 2 is 2.60 bits per heavy atom. The van der Waals surface area contributed by atoms with Crippen LogP contribution in [-0.4, -0.2) is 19.0 Å². The monoisotopic (exact) mass is 160 g/mol. The number of hydrogen-bond donors (Lipinski definition) is 2. The molecule has 56 valence electrons. The summed E-state index contributed by atoms with van der Waals surface area (Å²) in [6.07, 6.45) is 0. The summed E-state index contributed by atoms with van der Waals surface area (Å²) in [6.45, 7) is 1.78. The van der Waals surface area contributed by atoms with Gasteiger partial charge < -0.3 is 4.55 Å². The van der Waals surface area contributed by atoms with Crippen LogP contribution in [-0.2, 0) is 11.3 Å². The Balaban J connectivity index is 2.67. The summed E-state index contributed by atoms with van der Waals surface area (Å²) in [6, 6.07) is 1.59. The number of anilines is 1. The van der Waals surface area contributed by atoms with Crippen molar-refractivity contribution in [1.29, 1.82) is 0 Å². The van der Waals surface area contributed by atoms with Crippen molar-refractivity contribution in [3.05, 3.63) is 11.8 Å². The molecule has 1 atom stereocenters. The molecule has 0 bridgehead atoms. The Labute approximate surface area is 60.3 Å². The van der Waals surface area contributed by atoms with Gasteiger partial charge in [-0.25, -0.2) is 0 Å². The van der Waals surface area contributed by atoms with Gasteiger partial charge in [0.15, 0.2) is 5.82 Å². The first-order chi connectivity index (χ1) is 4.68. The van der Waals surface area contributed by atoms with Crippen LogP contribution >= 0.6 is 0 Å². The minimum Gasteiger partial charge on any atom is -0.755 e. The fourth-order valence-corrected chi connectivity index (χ4v) is 0.831. The van der Waals surface area contributed by atoms with Crippen LogP contribution in [0, 0.1) is 6.92 Å². The van der Waals surface area contributed by atoms with Crippen LogP contribution in [0.1, 0.15) is 5.69 Å². The number of aromatic nitrogens is 2. The fourth-order valence-electron chi connectivity index (χ4n) is 0.556. The van der Waals surface area contributed by atoms with Gasteiger partial charge in [0.1, 0.15) is 0 Å². The number of aryl methyl sites for hydroxylation is 1. The van der Waals surface area contributed by atoms with Crippen LogP contribution in [0.5, 0.6) is 0 Å². The zero-order valence-electron chi connectivity index (χ0n) is 5.25. The van der Waals surface area contributed by atoms with Gasteiger partial charge in [-0.15, -0.1) is 0 Å². The smallest absolute Gasteiger partial charge is 0.158 e. The second kappa shape index (κ2) is 2.80. The average molecular weight is 160 g/mol. The molecule has 1 unspecified atom stereocenters. The van der Waals surface area contributed by atoms with E-state index in [2.05, 4.69) is 14.9 Å². The first-order valence-corrected chi connectivity index (χ1v) is 3.64. The lowest BCUT2D eigenvalue weighted by Gasteiger charge is -2.02. The number of H-pyrrole nitrogens is 1. The van der Waals surface area contributed by atoms with E-state index in [1.165, 1.54) is 0 Å². The van der Waals surface area contributed by atoms with Crippen molar-refractivity contribution in [3.8, 4) is 0 Å². The molecule has 6 heteroatoms. The average Bonchev–Trinajstić information content (AvgIpc) is 2.13. The first-order valence-electron chi connectivity index (χ1n) is 2.56. The molecule has 0 aliphatic carbocycles. The summed E-state index contributed by atoms with van der Waals surface area (Å²) in [5.41, 5.74) is 0.813. The Morgan fingerprint density at radius 1 is 1.90 bits per heavy atom. The summed E-state index contributed by atoms with van der Waals surface area (Å²) in [4.78, 5) is 0. The standard InChI is InChI=1S/C4H7N3O2S/c1-3-2-4(6-5-3)7-10(8)9/h2H,1H3,(H,8,9)(H2,5,6,7)/p-1. The predicted octanol–water partition coefficient (Wildman–Crippen LogP) is -0.0759. The molecule has 0 saturated carbocycles. The summed E-state index contributed by atoms with van der Waals surface area (Å²) in [7, 11) is 0. The van der Waals surface area contributed by atoms with Gasteiger partial charge in [-0.3, -0.25) is 14.0 Å². The molecule has 0 fully saturated rings. The second-order valence-electron chi connectivity index (χ2n) is 1.77. The highest BCUT2D eigenvalue weighted by Gasteiger charge is 1.93. The summed E-state index contributed by atoms with van der Waals surface area (Å²) >= 11 is -2.29. The van der Waals surface area contributed by atoms with E-state index in [1.807, 2.05) is 0 Å². The van der Waals surface area contributed by atoms with Crippen LogP contribution in [0.3, 0.4) is 0 Å². The molecular formula is C4H6N3O2S-. The van der Waals surface area contributed by atoms with Gasteiger partial charge in [0.2, 0.25) is 0 Å². The van der Waals surface area contributed by atoms with Gasteiger partial charge in [0, 0.05) is 23.0 Å². The van der Waals surface area contributed by atoms with Gasteiger partial charge in [-0.05, 0) is 6.92 Å². The molecule has 5 nitrogen and oxygen atoms in total. The maximum atomic E-state index is 10.0. The van der Waals surface area contributed by atoms with Gasteiger partial charge in [0.05, 0.1) is 0 Å². The first kappa shape index (κ1) is 7.23. The third kappa shape index (κ3) is 1.82. The van der Waals surface area contributed by atoms with Gasteiger partial charge in [0.25, 0.3) is 0 Å². The second-order valence-corrected chi connectivity index (χ2v) is 2.45. The molecule has 1 aromatic heterocycles. The number of nitrogens with one attached hydrogen (secondary N) is 2. The number of rotatable bonds is 2. The SMILES string of the molecule is Cc1cc(NS(=O)[O-])n[nH]1. The zero-order valence-corrected chi connectivity index (χ0v) is 6.07. The van der Waals surface area contributed by atoms with E-state index in [4.69, 9.17) is 0 Å². The van der Waals surface area contributed by atoms with Crippen molar-refractivity contribution < 1.29 is 8.76 Å². The Hall–Kier alpha value is -0.880. The van der Waals surface area contributed by atoms with E-state index in [0.717, 1.165) is 5.69 Å².